The Morgan fingerprint density at radius 3 is 1.44 bits per heavy atom. The van der Waals surface area contributed by atoms with Crippen molar-refractivity contribution in [1.29, 1.82) is 0 Å². The van der Waals surface area contributed by atoms with Gasteiger partial charge in [0.15, 0.2) is 5.78 Å². The predicted octanol–water partition coefficient (Wildman–Crippen LogP) is 2.51. The maximum Gasteiger partial charge on any atom is 0.151 e. The molecule has 1 aliphatic rings. The summed E-state index contributed by atoms with van der Waals surface area (Å²) in [6.07, 6.45) is 15.1. The van der Waals surface area contributed by atoms with Crippen LogP contribution >= 0.6 is 0 Å². The van der Waals surface area contributed by atoms with Crippen LogP contribution in [0.4, 0.5) is 0 Å². The van der Waals surface area contributed by atoms with Gasteiger partial charge in [-0.2, -0.15) is 0 Å². The van der Waals surface area contributed by atoms with Crippen LogP contribution in [0.15, 0.2) is 36.1 Å². The zero-order valence-electron chi connectivity index (χ0n) is 9.87. The van der Waals surface area contributed by atoms with Crippen molar-refractivity contribution in [1.82, 2.24) is 0 Å². The Balaban J connectivity index is 0. The van der Waals surface area contributed by atoms with Crippen molar-refractivity contribution in [3.8, 4) is 0 Å². The first-order chi connectivity index (χ1) is 7.13. The van der Waals surface area contributed by atoms with Crippen molar-refractivity contribution < 1.29 is 30.0 Å². The van der Waals surface area contributed by atoms with Crippen LogP contribution in [-0.4, -0.2) is 5.78 Å². The minimum Gasteiger partial charge on any atom is -0.876 e. The second kappa shape index (κ2) is 12.4. The van der Waals surface area contributed by atoms with Gasteiger partial charge in [-0.05, 0) is 38.7 Å². The summed E-state index contributed by atoms with van der Waals surface area (Å²) >= 11 is 0. The van der Waals surface area contributed by atoms with Gasteiger partial charge in [0.25, 0.3) is 0 Å². The van der Waals surface area contributed by atoms with Crippen LogP contribution in [0.1, 0.15) is 39.5 Å². The smallest absolute Gasteiger partial charge is 0.151 e. The zero-order chi connectivity index (χ0) is 11.5. The van der Waals surface area contributed by atoms with Crippen LogP contribution in [0.2, 0.25) is 0 Å². The number of hydrogen-bond donors (Lipinski definition) is 0. The molecular formula is C13H19IrO2-. The monoisotopic (exact) mass is 400 g/mol. The number of carbonyl (C=O) groups is 1. The molecule has 1 aliphatic carbocycles. The molecule has 3 heteroatoms. The fourth-order valence-corrected chi connectivity index (χ4v) is 1.14. The van der Waals surface area contributed by atoms with E-state index in [0.717, 1.165) is 6.08 Å². The average molecular weight is 400 g/mol. The topological polar surface area (TPSA) is 40.1 Å². The quantitative estimate of drug-likeness (QED) is 0.386. The molecule has 0 fully saturated rings. The first kappa shape index (κ1) is 17.7. The molecule has 1 rings (SSSR count). The maximum absolute atomic E-state index is 9.98. The van der Waals surface area contributed by atoms with Gasteiger partial charge in [0.1, 0.15) is 0 Å². The van der Waals surface area contributed by atoms with Crippen molar-refractivity contribution in [2.45, 2.75) is 39.5 Å². The van der Waals surface area contributed by atoms with E-state index >= 15 is 0 Å². The molecule has 0 aromatic heterocycles. The van der Waals surface area contributed by atoms with Gasteiger partial charge >= 0.3 is 0 Å². The fourth-order valence-electron chi connectivity index (χ4n) is 1.14. The number of rotatable bonds is 1. The van der Waals surface area contributed by atoms with E-state index in [2.05, 4.69) is 24.3 Å². The summed E-state index contributed by atoms with van der Waals surface area (Å²) in [7, 11) is 0. The van der Waals surface area contributed by atoms with Crippen molar-refractivity contribution in [3.05, 3.63) is 36.1 Å². The molecule has 1 radical (unpaired) electrons. The second-order valence-corrected chi connectivity index (χ2v) is 3.46. The summed E-state index contributed by atoms with van der Waals surface area (Å²) < 4.78 is 0. The summed E-state index contributed by atoms with van der Waals surface area (Å²) in [6.45, 7) is 2.70. The molecule has 0 bridgehead atoms. The molecule has 0 atom stereocenters. The van der Waals surface area contributed by atoms with Crippen LogP contribution in [0.3, 0.4) is 0 Å². The largest absolute Gasteiger partial charge is 0.876 e. The second-order valence-electron chi connectivity index (χ2n) is 3.46. The molecule has 2 nitrogen and oxygen atoms in total. The third-order valence-corrected chi connectivity index (χ3v) is 1.74. The number of allylic oxidation sites excluding steroid dienone is 6. The molecule has 0 N–H and O–H groups in total. The van der Waals surface area contributed by atoms with E-state index in [1.807, 2.05) is 0 Å². The van der Waals surface area contributed by atoms with E-state index in [9.17, 15) is 9.90 Å². The van der Waals surface area contributed by atoms with Crippen molar-refractivity contribution >= 4 is 5.78 Å². The summed E-state index contributed by atoms with van der Waals surface area (Å²) in [5, 5.41) is 9.98. The molecule has 93 valence electrons. The minimum atomic E-state index is -0.187. The number of ketones is 1. The van der Waals surface area contributed by atoms with Crippen LogP contribution < -0.4 is 5.11 Å². The molecule has 0 heterocycles. The van der Waals surface area contributed by atoms with E-state index in [-0.39, 0.29) is 31.6 Å². The molecule has 0 aromatic rings. The van der Waals surface area contributed by atoms with E-state index in [1.54, 1.807) is 0 Å². The van der Waals surface area contributed by atoms with E-state index in [4.69, 9.17) is 0 Å². The third kappa shape index (κ3) is 15.8. The number of hydrogen-bond acceptors (Lipinski definition) is 2. The molecule has 0 amide bonds. The van der Waals surface area contributed by atoms with Gasteiger partial charge in [0.2, 0.25) is 0 Å². The molecule has 0 unspecified atom stereocenters. The van der Waals surface area contributed by atoms with Crippen LogP contribution in [0, 0.1) is 0 Å². The van der Waals surface area contributed by atoms with E-state index in [0.29, 0.717) is 0 Å². The van der Waals surface area contributed by atoms with E-state index in [1.165, 1.54) is 39.5 Å². The van der Waals surface area contributed by atoms with Gasteiger partial charge in [0, 0.05) is 20.1 Å². The number of carbonyl (C=O) groups excluding carboxylic acids is 1. The van der Waals surface area contributed by atoms with Crippen LogP contribution in [0.5, 0.6) is 0 Å². The van der Waals surface area contributed by atoms with Gasteiger partial charge < -0.3 is 5.11 Å². The van der Waals surface area contributed by atoms with Crippen LogP contribution in [-0.2, 0) is 24.9 Å². The van der Waals surface area contributed by atoms with Crippen LogP contribution in [0.25, 0.3) is 0 Å². The molecule has 16 heavy (non-hydrogen) atoms. The van der Waals surface area contributed by atoms with Gasteiger partial charge in [-0.3, -0.25) is 4.79 Å². The third-order valence-electron chi connectivity index (χ3n) is 1.74. The molecule has 0 spiro atoms. The summed E-state index contributed by atoms with van der Waals surface area (Å²) in [4.78, 5) is 9.98. The fraction of sp³-hybridized carbons (Fsp3) is 0.462. The van der Waals surface area contributed by atoms with Gasteiger partial charge in [-0.1, -0.05) is 31.2 Å². The van der Waals surface area contributed by atoms with Crippen molar-refractivity contribution in [2.75, 3.05) is 0 Å². The maximum atomic E-state index is 9.98. The van der Waals surface area contributed by atoms with Gasteiger partial charge in [-0.25, -0.2) is 0 Å². The summed E-state index contributed by atoms with van der Waals surface area (Å²) in [6, 6.07) is 0. The summed E-state index contributed by atoms with van der Waals surface area (Å²) in [5.74, 6) is -0.375. The van der Waals surface area contributed by atoms with Crippen molar-refractivity contribution in [2.24, 2.45) is 0 Å². The predicted molar refractivity (Wildman–Crippen MR) is 61.2 cm³/mol. The normalized spacial score (nSPS) is 15.0. The Labute approximate surface area is 111 Å². The molecule has 0 saturated carbocycles. The van der Waals surface area contributed by atoms with Gasteiger partial charge in [-0.15, -0.1) is 5.76 Å². The molecule has 0 aromatic carbocycles. The first-order valence-corrected chi connectivity index (χ1v) is 5.29. The average Bonchev–Trinajstić information content (AvgIpc) is 1.99. The first-order valence-electron chi connectivity index (χ1n) is 5.29. The molecule has 0 aliphatic heterocycles. The SMILES string of the molecule is C1=CCCC=CCC1.CC(=O)C=C(C)[O-].[Ir]. The summed E-state index contributed by atoms with van der Waals surface area (Å²) in [5.41, 5.74) is 0. The molecule has 0 saturated heterocycles. The Morgan fingerprint density at radius 2 is 1.31 bits per heavy atom. The minimum absolute atomic E-state index is 0. The van der Waals surface area contributed by atoms with Crippen molar-refractivity contribution in [3.63, 3.8) is 0 Å². The Hall–Kier alpha value is -0.661. The zero-order valence-corrected chi connectivity index (χ0v) is 12.3. The Kier molecular flexibility index (Phi) is 13.7. The Bertz CT molecular complexity index is 235. The van der Waals surface area contributed by atoms with E-state index < -0.39 is 0 Å². The standard InChI is InChI=1S/C8H12.C5H8O2.Ir/c1-2-4-6-8-7-5-3-1;1-4(6)3-5(2)7;/h1-2,7-8H,3-6H2;3,6H,1-2H3;/p-1. The molecular weight excluding hydrogens is 380 g/mol. The van der Waals surface area contributed by atoms with Gasteiger partial charge in [0.05, 0.1) is 0 Å². The Morgan fingerprint density at radius 1 is 1.00 bits per heavy atom.